The molecule has 6 heteroatoms. The Morgan fingerprint density at radius 1 is 0.875 bits per heavy atom. The molecule has 0 heterocycles. The maximum atomic E-state index is 11.3. The van der Waals surface area contributed by atoms with Crippen LogP contribution in [0.1, 0.15) is 36.0 Å². The van der Waals surface area contributed by atoms with Gasteiger partial charge >= 0.3 is 0 Å². The van der Waals surface area contributed by atoms with Crippen LogP contribution in [-0.4, -0.2) is 25.5 Å². The van der Waals surface area contributed by atoms with E-state index in [2.05, 4.69) is 81.6 Å². The summed E-state index contributed by atoms with van der Waals surface area (Å²) >= 11 is 0. The normalized spacial score (nSPS) is 10.9. The number of hydrogen-bond acceptors (Lipinski definition) is 2. The van der Waals surface area contributed by atoms with Gasteiger partial charge in [0.2, 0.25) is 5.91 Å². The van der Waals surface area contributed by atoms with Crippen molar-refractivity contribution in [3.05, 3.63) is 102 Å². The number of halogens is 1. The van der Waals surface area contributed by atoms with E-state index in [0.717, 1.165) is 30.2 Å². The zero-order chi connectivity index (χ0) is 21.9. The Morgan fingerprint density at radius 3 is 2.06 bits per heavy atom. The number of benzene rings is 3. The first kappa shape index (κ1) is 25.4. The molecular weight excluding hydrogens is 511 g/mol. The van der Waals surface area contributed by atoms with E-state index >= 15 is 0 Å². The number of amides is 1. The summed E-state index contributed by atoms with van der Waals surface area (Å²) in [5.74, 6) is 1.00. The maximum absolute atomic E-state index is 11.3. The predicted molar refractivity (Wildman–Crippen MR) is 144 cm³/mol. The number of nitrogens with one attached hydrogen (secondary N) is 3. The second-order valence-corrected chi connectivity index (χ2v) is 7.40. The quantitative estimate of drug-likeness (QED) is 0.210. The zero-order valence-electron chi connectivity index (χ0n) is 18.5. The first-order chi connectivity index (χ1) is 15.2. The summed E-state index contributed by atoms with van der Waals surface area (Å²) in [5, 5.41) is 9.58. The van der Waals surface area contributed by atoms with Gasteiger partial charge in [-0.05, 0) is 35.2 Å². The van der Waals surface area contributed by atoms with Crippen molar-refractivity contribution in [1.82, 2.24) is 10.6 Å². The van der Waals surface area contributed by atoms with Gasteiger partial charge < -0.3 is 16.0 Å². The average molecular weight is 542 g/mol. The van der Waals surface area contributed by atoms with Crippen LogP contribution in [0.15, 0.2) is 89.9 Å². The van der Waals surface area contributed by atoms with Crippen LogP contribution in [0.5, 0.6) is 0 Å². The minimum absolute atomic E-state index is 0. The molecule has 0 unspecified atom stereocenters. The van der Waals surface area contributed by atoms with Gasteiger partial charge in [0.05, 0.1) is 0 Å². The average Bonchev–Trinajstić information content (AvgIpc) is 2.80. The Morgan fingerprint density at radius 2 is 1.50 bits per heavy atom. The van der Waals surface area contributed by atoms with E-state index in [9.17, 15) is 4.79 Å². The Bertz CT molecular complexity index is 953. The molecule has 3 aromatic carbocycles. The summed E-state index contributed by atoms with van der Waals surface area (Å²) in [7, 11) is 1.77. The molecule has 3 N–H and O–H groups in total. The third-order valence-corrected chi connectivity index (χ3v) is 5.06. The number of nitrogens with zero attached hydrogens (tertiary/aromatic N) is 1. The van der Waals surface area contributed by atoms with Crippen LogP contribution in [0.2, 0.25) is 0 Å². The van der Waals surface area contributed by atoms with E-state index in [-0.39, 0.29) is 29.9 Å². The number of carbonyl (C=O) groups is 1. The van der Waals surface area contributed by atoms with Crippen molar-refractivity contribution in [3.63, 3.8) is 0 Å². The fourth-order valence-corrected chi connectivity index (χ4v) is 3.60. The molecule has 3 rings (SSSR count). The Balaban J connectivity index is 0.00000363. The molecular formula is C26H31IN4O. The van der Waals surface area contributed by atoms with Gasteiger partial charge in [0.15, 0.2) is 5.96 Å². The first-order valence-corrected chi connectivity index (χ1v) is 10.6. The molecule has 0 fully saturated rings. The lowest BCUT2D eigenvalue weighted by Gasteiger charge is -2.19. The molecule has 0 saturated carbocycles. The van der Waals surface area contributed by atoms with Crippen LogP contribution >= 0.6 is 24.0 Å². The lowest BCUT2D eigenvalue weighted by molar-refractivity contribution is -0.114. The largest absolute Gasteiger partial charge is 0.356 e. The molecule has 168 valence electrons. The third kappa shape index (κ3) is 8.00. The number of hydrogen-bond donors (Lipinski definition) is 3. The predicted octanol–water partition coefficient (Wildman–Crippen LogP) is 5.15. The van der Waals surface area contributed by atoms with Crippen molar-refractivity contribution in [3.8, 4) is 0 Å². The van der Waals surface area contributed by atoms with E-state index in [1.807, 2.05) is 24.3 Å². The van der Waals surface area contributed by atoms with E-state index in [4.69, 9.17) is 0 Å². The van der Waals surface area contributed by atoms with Crippen LogP contribution in [0, 0.1) is 0 Å². The SMILES string of the molecule is CN=C(NCCC(c1ccccc1)c1ccccc1)NCc1cccc(NC(C)=O)c1.I. The van der Waals surface area contributed by atoms with Crippen LogP contribution in [0.25, 0.3) is 0 Å². The van der Waals surface area contributed by atoms with Crippen LogP contribution in [0.4, 0.5) is 5.69 Å². The summed E-state index contributed by atoms with van der Waals surface area (Å²) in [5.41, 5.74) is 4.49. The number of anilines is 1. The number of carbonyl (C=O) groups excluding carboxylic acids is 1. The lowest BCUT2D eigenvalue weighted by Crippen LogP contribution is -2.37. The second kappa shape index (κ2) is 13.5. The Hall–Kier alpha value is -2.87. The minimum Gasteiger partial charge on any atom is -0.356 e. The van der Waals surface area contributed by atoms with E-state index < -0.39 is 0 Å². The van der Waals surface area contributed by atoms with E-state index in [1.54, 1.807) is 7.05 Å². The summed E-state index contributed by atoms with van der Waals surface area (Å²) in [6, 6.07) is 29.0. The van der Waals surface area contributed by atoms with Gasteiger partial charge in [0.1, 0.15) is 0 Å². The molecule has 3 aromatic rings. The molecule has 1 amide bonds. The van der Waals surface area contributed by atoms with Crippen LogP contribution in [0.3, 0.4) is 0 Å². The second-order valence-electron chi connectivity index (χ2n) is 7.40. The molecule has 0 spiro atoms. The fourth-order valence-electron chi connectivity index (χ4n) is 3.60. The highest BCUT2D eigenvalue weighted by molar-refractivity contribution is 14.0. The van der Waals surface area contributed by atoms with E-state index in [0.29, 0.717) is 12.5 Å². The molecule has 5 nitrogen and oxygen atoms in total. The third-order valence-electron chi connectivity index (χ3n) is 5.06. The summed E-state index contributed by atoms with van der Waals surface area (Å²) in [6.07, 6.45) is 0.951. The topological polar surface area (TPSA) is 65.5 Å². The highest BCUT2D eigenvalue weighted by atomic mass is 127. The van der Waals surface area contributed by atoms with Gasteiger partial charge in [-0.25, -0.2) is 0 Å². The van der Waals surface area contributed by atoms with E-state index in [1.165, 1.54) is 18.1 Å². The van der Waals surface area contributed by atoms with Gasteiger partial charge in [-0.1, -0.05) is 72.8 Å². The molecule has 0 aliphatic carbocycles. The van der Waals surface area contributed by atoms with Crippen molar-refractivity contribution in [2.45, 2.75) is 25.8 Å². The van der Waals surface area contributed by atoms with Crippen molar-refractivity contribution >= 4 is 41.5 Å². The monoisotopic (exact) mass is 542 g/mol. The van der Waals surface area contributed by atoms with Crippen LogP contribution < -0.4 is 16.0 Å². The maximum Gasteiger partial charge on any atom is 0.221 e. The minimum atomic E-state index is -0.0750. The lowest BCUT2D eigenvalue weighted by atomic mass is 9.88. The Labute approximate surface area is 207 Å². The standard InChI is InChI=1S/C26H30N4O.HI/c1-20(31)30-24-15-9-10-21(18-24)19-29-26(27-2)28-17-16-25(22-11-5-3-6-12-22)23-13-7-4-8-14-23;/h3-15,18,25H,16-17,19H2,1-2H3,(H,30,31)(H2,27,28,29);1H. The van der Waals surface area contributed by atoms with Crippen molar-refractivity contribution < 1.29 is 4.79 Å². The fraction of sp³-hybridized carbons (Fsp3) is 0.231. The zero-order valence-corrected chi connectivity index (χ0v) is 20.9. The molecule has 32 heavy (non-hydrogen) atoms. The molecule has 0 aromatic heterocycles. The summed E-state index contributed by atoms with van der Waals surface area (Å²) < 4.78 is 0. The van der Waals surface area contributed by atoms with Gasteiger partial charge in [0, 0.05) is 38.7 Å². The van der Waals surface area contributed by atoms with Gasteiger partial charge in [0.25, 0.3) is 0 Å². The van der Waals surface area contributed by atoms with Crippen molar-refractivity contribution in [2.24, 2.45) is 4.99 Å². The number of aliphatic imine (C=N–C) groups is 1. The summed E-state index contributed by atoms with van der Waals surface area (Å²) in [4.78, 5) is 15.6. The smallest absolute Gasteiger partial charge is 0.221 e. The molecule has 0 atom stereocenters. The molecule has 0 bridgehead atoms. The highest BCUT2D eigenvalue weighted by Crippen LogP contribution is 2.27. The first-order valence-electron chi connectivity index (χ1n) is 10.6. The van der Waals surface area contributed by atoms with Crippen LogP contribution in [-0.2, 0) is 11.3 Å². The summed E-state index contributed by atoms with van der Waals surface area (Å²) in [6.45, 7) is 2.92. The number of rotatable bonds is 8. The molecule has 0 aliphatic rings. The van der Waals surface area contributed by atoms with Gasteiger partial charge in [-0.3, -0.25) is 9.79 Å². The van der Waals surface area contributed by atoms with Gasteiger partial charge in [-0.2, -0.15) is 0 Å². The van der Waals surface area contributed by atoms with Crippen molar-refractivity contribution in [1.29, 1.82) is 0 Å². The van der Waals surface area contributed by atoms with Gasteiger partial charge in [-0.15, -0.1) is 24.0 Å². The highest BCUT2D eigenvalue weighted by Gasteiger charge is 2.13. The van der Waals surface area contributed by atoms with Crippen molar-refractivity contribution in [2.75, 3.05) is 18.9 Å². The molecule has 0 radical (unpaired) electrons. The number of guanidine groups is 1. The molecule has 0 aliphatic heterocycles. The molecule has 0 saturated heterocycles. The Kier molecular flexibility index (Phi) is 10.7.